The fourth-order valence-corrected chi connectivity index (χ4v) is 1.90. The summed E-state index contributed by atoms with van der Waals surface area (Å²) in [5.41, 5.74) is 6.17. The predicted molar refractivity (Wildman–Crippen MR) is 71.9 cm³/mol. The van der Waals surface area contributed by atoms with Gasteiger partial charge in [0, 0.05) is 11.6 Å². The monoisotopic (exact) mass is 271 g/mol. The minimum Gasteiger partial charge on any atom is -0.493 e. The lowest BCUT2D eigenvalue weighted by Gasteiger charge is -2.25. The third-order valence-electron chi connectivity index (χ3n) is 3.46. The Labute approximate surface area is 113 Å². The third-order valence-corrected chi connectivity index (χ3v) is 3.46. The molecule has 0 heterocycles. The predicted octanol–water partition coefficient (Wildman–Crippen LogP) is 2.25. The van der Waals surface area contributed by atoms with Gasteiger partial charge in [-0.15, -0.1) is 0 Å². The van der Waals surface area contributed by atoms with Crippen LogP contribution in [0.2, 0.25) is 0 Å². The van der Waals surface area contributed by atoms with Crippen molar-refractivity contribution in [3.05, 3.63) is 23.5 Å². The van der Waals surface area contributed by atoms with E-state index in [1.54, 1.807) is 0 Å². The Kier molecular flexibility index (Phi) is 5.57. The molecule has 3 atom stereocenters. The van der Waals surface area contributed by atoms with Crippen LogP contribution in [-0.2, 0) is 0 Å². The maximum atomic E-state index is 14.0. The Morgan fingerprint density at radius 1 is 1.26 bits per heavy atom. The zero-order valence-corrected chi connectivity index (χ0v) is 11.8. The van der Waals surface area contributed by atoms with Gasteiger partial charge in [0.25, 0.3) is 0 Å². The van der Waals surface area contributed by atoms with E-state index in [2.05, 4.69) is 0 Å². The van der Waals surface area contributed by atoms with Gasteiger partial charge in [0.05, 0.1) is 26.4 Å². The molecule has 1 aromatic rings. The Morgan fingerprint density at radius 3 is 2.26 bits per heavy atom. The van der Waals surface area contributed by atoms with Crippen LogP contribution in [0.5, 0.6) is 11.5 Å². The molecule has 108 valence electrons. The van der Waals surface area contributed by atoms with E-state index in [0.29, 0.717) is 11.5 Å². The molecular weight excluding hydrogens is 249 g/mol. The van der Waals surface area contributed by atoms with Gasteiger partial charge in [0.2, 0.25) is 0 Å². The molecule has 3 N–H and O–H groups in total. The zero-order valence-electron chi connectivity index (χ0n) is 11.8. The fraction of sp³-hybridized carbons (Fsp3) is 0.571. The molecule has 0 saturated carbocycles. The normalized spacial score (nSPS) is 15.7. The highest BCUT2D eigenvalue weighted by molar-refractivity contribution is 5.44. The maximum Gasteiger partial charge on any atom is 0.163 e. The summed E-state index contributed by atoms with van der Waals surface area (Å²) in [5, 5.41) is 10.1. The number of nitrogens with two attached hydrogens (primary N) is 1. The molecule has 1 unspecified atom stereocenters. The van der Waals surface area contributed by atoms with Gasteiger partial charge in [0.1, 0.15) is 5.82 Å². The summed E-state index contributed by atoms with van der Waals surface area (Å²) in [5.74, 6) is 0.176. The van der Waals surface area contributed by atoms with Crippen molar-refractivity contribution in [2.45, 2.75) is 32.4 Å². The van der Waals surface area contributed by atoms with Crippen LogP contribution in [-0.4, -0.2) is 25.4 Å². The van der Waals surface area contributed by atoms with Gasteiger partial charge in [-0.05, 0) is 12.0 Å². The number of halogens is 1. The average molecular weight is 271 g/mol. The van der Waals surface area contributed by atoms with Gasteiger partial charge in [-0.3, -0.25) is 0 Å². The first kappa shape index (κ1) is 15.7. The molecule has 0 radical (unpaired) electrons. The lowest BCUT2D eigenvalue weighted by molar-refractivity contribution is 0.0866. The van der Waals surface area contributed by atoms with Crippen LogP contribution in [0.15, 0.2) is 12.1 Å². The Bertz CT molecular complexity index is 425. The first-order valence-electron chi connectivity index (χ1n) is 6.31. The van der Waals surface area contributed by atoms with Crippen LogP contribution in [0.4, 0.5) is 4.39 Å². The van der Waals surface area contributed by atoms with E-state index in [-0.39, 0.29) is 11.5 Å². The van der Waals surface area contributed by atoms with E-state index in [0.717, 1.165) is 6.42 Å². The van der Waals surface area contributed by atoms with Crippen LogP contribution in [0.25, 0.3) is 0 Å². The highest BCUT2D eigenvalue weighted by atomic mass is 19.1. The molecule has 0 bridgehead atoms. The number of hydrogen-bond donors (Lipinski definition) is 2. The molecule has 0 fully saturated rings. The molecule has 0 aromatic heterocycles. The SMILES string of the molecule is CCC(C)[C@@H](O)[C@@H](N)c1cc(OC)c(OC)cc1F. The van der Waals surface area contributed by atoms with E-state index in [1.807, 2.05) is 13.8 Å². The van der Waals surface area contributed by atoms with Crippen molar-refractivity contribution in [1.29, 1.82) is 0 Å². The van der Waals surface area contributed by atoms with Crippen molar-refractivity contribution < 1.29 is 19.0 Å². The minimum atomic E-state index is -0.808. The quantitative estimate of drug-likeness (QED) is 0.833. The summed E-state index contributed by atoms with van der Waals surface area (Å²) < 4.78 is 24.1. The lowest BCUT2D eigenvalue weighted by atomic mass is 9.91. The molecule has 0 amide bonds. The van der Waals surface area contributed by atoms with Gasteiger partial charge in [-0.25, -0.2) is 4.39 Å². The largest absolute Gasteiger partial charge is 0.493 e. The van der Waals surface area contributed by atoms with E-state index in [1.165, 1.54) is 26.4 Å². The molecule has 0 spiro atoms. The second-order valence-corrected chi connectivity index (χ2v) is 4.63. The number of hydrogen-bond acceptors (Lipinski definition) is 4. The molecular formula is C14H22FNO3. The number of benzene rings is 1. The molecule has 0 aliphatic carbocycles. The molecule has 1 rings (SSSR count). The highest BCUT2D eigenvalue weighted by Gasteiger charge is 2.25. The van der Waals surface area contributed by atoms with Crippen LogP contribution in [0, 0.1) is 11.7 Å². The van der Waals surface area contributed by atoms with Crippen molar-refractivity contribution in [2.75, 3.05) is 14.2 Å². The van der Waals surface area contributed by atoms with E-state index >= 15 is 0 Å². The molecule has 0 aliphatic rings. The van der Waals surface area contributed by atoms with Crippen molar-refractivity contribution in [3.63, 3.8) is 0 Å². The van der Waals surface area contributed by atoms with Gasteiger partial charge >= 0.3 is 0 Å². The molecule has 0 aliphatic heterocycles. The molecule has 4 nitrogen and oxygen atoms in total. The van der Waals surface area contributed by atoms with Crippen LogP contribution in [0.1, 0.15) is 31.9 Å². The second-order valence-electron chi connectivity index (χ2n) is 4.63. The lowest BCUT2D eigenvalue weighted by Crippen LogP contribution is -2.32. The summed E-state index contributed by atoms with van der Waals surface area (Å²) in [7, 11) is 2.90. The summed E-state index contributed by atoms with van der Waals surface area (Å²) >= 11 is 0. The van der Waals surface area contributed by atoms with Gasteiger partial charge in [-0.1, -0.05) is 20.3 Å². The van der Waals surface area contributed by atoms with Gasteiger partial charge in [-0.2, -0.15) is 0 Å². The number of ether oxygens (including phenoxy) is 2. The van der Waals surface area contributed by atoms with Crippen molar-refractivity contribution in [2.24, 2.45) is 11.7 Å². The molecule has 19 heavy (non-hydrogen) atoms. The summed E-state index contributed by atoms with van der Waals surface area (Å²) in [6.07, 6.45) is -0.0401. The molecule has 1 aromatic carbocycles. The molecule has 0 saturated heterocycles. The van der Waals surface area contributed by atoms with Gasteiger partial charge in [0.15, 0.2) is 11.5 Å². The van der Waals surface area contributed by atoms with Crippen molar-refractivity contribution in [1.82, 2.24) is 0 Å². The number of methoxy groups -OCH3 is 2. The minimum absolute atomic E-state index is 0.0116. The van der Waals surface area contributed by atoms with Gasteiger partial charge < -0.3 is 20.3 Å². The van der Waals surface area contributed by atoms with Crippen LogP contribution in [0.3, 0.4) is 0 Å². The Hall–Kier alpha value is -1.33. The van der Waals surface area contributed by atoms with Crippen molar-refractivity contribution in [3.8, 4) is 11.5 Å². The number of rotatable bonds is 6. The maximum absolute atomic E-state index is 14.0. The summed E-state index contributed by atoms with van der Waals surface area (Å²) in [4.78, 5) is 0. The van der Waals surface area contributed by atoms with Crippen LogP contribution >= 0.6 is 0 Å². The highest BCUT2D eigenvalue weighted by Crippen LogP contribution is 2.33. The third kappa shape index (κ3) is 3.36. The second kappa shape index (κ2) is 6.73. The average Bonchev–Trinajstić information content (AvgIpc) is 2.44. The summed E-state index contributed by atoms with van der Waals surface area (Å²) in [6.45, 7) is 3.83. The topological polar surface area (TPSA) is 64.7 Å². The summed E-state index contributed by atoms with van der Waals surface area (Å²) in [6, 6.07) is 1.90. The number of aliphatic hydroxyl groups excluding tert-OH is 1. The van der Waals surface area contributed by atoms with Crippen LogP contribution < -0.4 is 15.2 Å². The first-order chi connectivity index (χ1) is 8.96. The Balaban J connectivity index is 3.12. The van der Waals surface area contributed by atoms with Crippen molar-refractivity contribution >= 4 is 0 Å². The molecule has 5 heteroatoms. The smallest absolute Gasteiger partial charge is 0.163 e. The fourth-order valence-electron chi connectivity index (χ4n) is 1.90. The first-order valence-corrected chi connectivity index (χ1v) is 6.31. The van der Waals surface area contributed by atoms with E-state index < -0.39 is 18.0 Å². The standard InChI is InChI=1S/C14H22FNO3/c1-5-8(2)14(17)13(16)9-6-11(18-3)12(19-4)7-10(9)15/h6-8,13-14,17H,5,16H2,1-4H3/t8?,13-,14+/m0/s1. The van der Waals surface area contributed by atoms with E-state index in [4.69, 9.17) is 15.2 Å². The zero-order chi connectivity index (χ0) is 14.6. The number of aliphatic hydroxyl groups is 1. The Morgan fingerprint density at radius 2 is 1.79 bits per heavy atom. The van der Waals surface area contributed by atoms with E-state index in [9.17, 15) is 9.50 Å².